The van der Waals surface area contributed by atoms with Crippen molar-refractivity contribution in [2.75, 3.05) is 39.9 Å². The first kappa shape index (κ1) is 11.9. The first-order valence-electron chi connectivity index (χ1n) is 6.18. The van der Waals surface area contributed by atoms with E-state index in [4.69, 9.17) is 4.74 Å². The summed E-state index contributed by atoms with van der Waals surface area (Å²) in [5.41, 5.74) is 0.287. The molecule has 0 aliphatic carbocycles. The van der Waals surface area contributed by atoms with Gasteiger partial charge in [0.15, 0.2) is 0 Å². The number of ether oxygens (including phenoxy) is 1. The molecule has 1 amide bonds. The highest BCUT2D eigenvalue weighted by atomic mass is 16.5. The molecule has 1 N–H and O–H groups in total. The minimum Gasteiger partial charge on any atom is -0.381 e. The average Bonchev–Trinajstić information content (AvgIpc) is 2.89. The number of likely N-dealkylation sites (tertiary alicyclic amines) is 1. The first-order valence-corrected chi connectivity index (χ1v) is 6.18. The third kappa shape index (κ3) is 2.23. The van der Waals surface area contributed by atoms with Crippen LogP contribution in [0.15, 0.2) is 0 Å². The fourth-order valence-corrected chi connectivity index (χ4v) is 2.80. The highest BCUT2D eigenvalue weighted by Gasteiger charge is 2.43. The van der Waals surface area contributed by atoms with Crippen molar-refractivity contribution in [1.82, 2.24) is 10.2 Å². The van der Waals surface area contributed by atoms with Crippen molar-refractivity contribution in [3.63, 3.8) is 0 Å². The number of carbonyl (C=O) groups excluding carboxylic acids is 1. The third-order valence-corrected chi connectivity index (χ3v) is 3.87. The van der Waals surface area contributed by atoms with Crippen LogP contribution in [-0.2, 0) is 9.53 Å². The van der Waals surface area contributed by atoms with Gasteiger partial charge in [0.05, 0.1) is 6.61 Å². The van der Waals surface area contributed by atoms with Crippen LogP contribution >= 0.6 is 0 Å². The number of hydrogen-bond acceptors (Lipinski definition) is 3. The van der Waals surface area contributed by atoms with Crippen molar-refractivity contribution in [3.8, 4) is 0 Å². The molecule has 2 unspecified atom stereocenters. The van der Waals surface area contributed by atoms with E-state index in [1.165, 1.54) is 0 Å². The molecule has 0 bridgehead atoms. The fraction of sp³-hybridized carbons (Fsp3) is 0.917. The maximum absolute atomic E-state index is 12.1. The van der Waals surface area contributed by atoms with Crippen molar-refractivity contribution < 1.29 is 9.53 Å². The Kier molecular flexibility index (Phi) is 3.50. The van der Waals surface area contributed by atoms with E-state index in [-0.39, 0.29) is 17.2 Å². The summed E-state index contributed by atoms with van der Waals surface area (Å²) in [5, 5.41) is 3.06. The largest absolute Gasteiger partial charge is 0.381 e. The van der Waals surface area contributed by atoms with E-state index in [2.05, 4.69) is 5.32 Å². The van der Waals surface area contributed by atoms with Gasteiger partial charge in [0.2, 0.25) is 5.91 Å². The van der Waals surface area contributed by atoms with Gasteiger partial charge in [-0.3, -0.25) is 4.79 Å². The van der Waals surface area contributed by atoms with Gasteiger partial charge in [0, 0.05) is 37.6 Å². The van der Waals surface area contributed by atoms with Gasteiger partial charge in [-0.05, 0) is 19.9 Å². The minimum atomic E-state index is 0.0856. The summed E-state index contributed by atoms with van der Waals surface area (Å²) in [5.74, 6) is 0.376. The lowest BCUT2D eigenvalue weighted by molar-refractivity contribution is -0.134. The van der Waals surface area contributed by atoms with Gasteiger partial charge in [-0.15, -0.1) is 0 Å². The van der Waals surface area contributed by atoms with Gasteiger partial charge in [-0.2, -0.15) is 0 Å². The lowest BCUT2D eigenvalue weighted by atomic mass is 9.87. The third-order valence-electron chi connectivity index (χ3n) is 3.87. The van der Waals surface area contributed by atoms with Gasteiger partial charge < -0.3 is 15.0 Å². The van der Waals surface area contributed by atoms with Gasteiger partial charge in [0.1, 0.15) is 0 Å². The van der Waals surface area contributed by atoms with Gasteiger partial charge in [0.25, 0.3) is 0 Å². The SMILES string of the molecule is CNCC(C)C(=O)N1CCC2(CCOC2)C1. The smallest absolute Gasteiger partial charge is 0.226 e. The van der Waals surface area contributed by atoms with Gasteiger partial charge >= 0.3 is 0 Å². The number of nitrogens with zero attached hydrogens (tertiary/aromatic N) is 1. The van der Waals surface area contributed by atoms with Crippen molar-refractivity contribution in [2.45, 2.75) is 19.8 Å². The maximum Gasteiger partial charge on any atom is 0.226 e. The minimum absolute atomic E-state index is 0.0856. The number of nitrogens with one attached hydrogen (secondary N) is 1. The van der Waals surface area contributed by atoms with E-state index in [9.17, 15) is 4.79 Å². The lowest BCUT2D eigenvalue weighted by Gasteiger charge is -2.24. The molecule has 1 spiro atoms. The maximum atomic E-state index is 12.1. The summed E-state index contributed by atoms with van der Waals surface area (Å²) >= 11 is 0. The van der Waals surface area contributed by atoms with E-state index in [0.717, 1.165) is 45.7 Å². The highest BCUT2D eigenvalue weighted by molar-refractivity contribution is 5.79. The van der Waals surface area contributed by atoms with Crippen LogP contribution in [0.25, 0.3) is 0 Å². The standard InChI is InChI=1S/C12H22N2O2/c1-10(7-13-2)11(15)14-5-3-12(8-14)4-6-16-9-12/h10,13H,3-9H2,1-2H3. The molecular formula is C12H22N2O2. The molecule has 0 saturated carbocycles. The van der Waals surface area contributed by atoms with Crippen molar-refractivity contribution in [3.05, 3.63) is 0 Å². The quantitative estimate of drug-likeness (QED) is 0.761. The molecule has 4 heteroatoms. The Hall–Kier alpha value is -0.610. The summed E-state index contributed by atoms with van der Waals surface area (Å²) < 4.78 is 5.47. The second-order valence-corrected chi connectivity index (χ2v) is 5.27. The zero-order valence-corrected chi connectivity index (χ0v) is 10.3. The molecule has 92 valence electrons. The van der Waals surface area contributed by atoms with Crippen LogP contribution in [0.2, 0.25) is 0 Å². The molecule has 0 radical (unpaired) electrons. The van der Waals surface area contributed by atoms with E-state index in [1.54, 1.807) is 0 Å². The molecular weight excluding hydrogens is 204 g/mol. The van der Waals surface area contributed by atoms with Crippen molar-refractivity contribution in [2.24, 2.45) is 11.3 Å². The zero-order valence-electron chi connectivity index (χ0n) is 10.3. The number of rotatable bonds is 3. The Morgan fingerprint density at radius 2 is 2.38 bits per heavy atom. The molecule has 2 atom stereocenters. The van der Waals surface area contributed by atoms with Gasteiger partial charge in [-0.1, -0.05) is 6.92 Å². The number of carbonyl (C=O) groups is 1. The monoisotopic (exact) mass is 226 g/mol. The van der Waals surface area contributed by atoms with Crippen LogP contribution in [0.5, 0.6) is 0 Å². The molecule has 2 heterocycles. The molecule has 0 aromatic carbocycles. The van der Waals surface area contributed by atoms with Crippen LogP contribution in [0.4, 0.5) is 0 Å². The van der Waals surface area contributed by atoms with E-state index in [0.29, 0.717) is 0 Å². The molecule has 0 aromatic rings. The topological polar surface area (TPSA) is 41.6 Å². The fourth-order valence-electron chi connectivity index (χ4n) is 2.80. The summed E-state index contributed by atoms with van der Waals surface area (Å²) in [6.07, 6.45) is 2.24. The molecule has 2 rings (SSSR count). The first-order chi connectivity index (χ1) is 7.67. The van der Waals surface area contributed by atoms with Crippen molar-refractivity contribution in [1.29, 1.82) is 0 Å². The van der Waals surface area contributed by atoms with Crippen LogP contribution in [-0.4, -0.2) is 50.7 Å². The Labute approximate surface area is 97.3 Å². The van der Waals surface area contributed by atoms with E-state index >= 15 is 0 Å². The molecule has 16 heavy (non-hydrogen) atoms. The second kappa shape index (κ2) is 4.72. The Bertz CT molecular complexity index is 262. The Morgan fingerprint density at radius 3 is 3.00 bits per heavy atom. The second-order valence-electron chi connectivity index (χ2n) is 5.27. The van der Waals surface area contributed by atoms with E-state index < -0.39 is 0 Å². The highest BCUT2D eigenvalue weighted by Crippen LogP contribution is 2.38. The number of amides is 1. The summed E-state index contributed by atoms with van der Waals surface area (Å²) in [4.78, 5) is 14.1. The number of hydrogen-bond donors (Lipinski definition) is 1. The predicted octanol–water partition coefficient (Wildman–Crippen LogP) is 0.481. The average molecular weight is 226 g/mol. The Balaban J connectivity index is 1.90. The molecule has 0 aromatic heterocycles. The summed E-state index contributed by atoms with van der Waals surface area (Å²) in [6.45, 7) is 6.29. The van der Waals surface area contributed by atoms with Crippen LogP contribution in [0.3, 0.4) is 0 Å². The van der Waals surface area contributed by atoms with Crippen LogP contribution in [0, 0.1) is 11.3 Å². The Morgan fingerprint density at radius 1 is 1.56 bits per heavy atom. The summed E-state index contributed by atoms with van der Waals surface area (Å²) in [7, 11) is 1.89. The molecule has 2 fully saturated rings. The van der Waals surface area contributed by atoms with Crippen molar-refractivity contribution >= 4 is 5.91 Å². The van der Waals surface area contributed by atoms with Crippen LogP contribution in [0.1, 0.15) is 19.8 Å². The van der Waals surface area contributed by atoms with Gasteiger partial charge in [-0.25, -0.2) is 0 Å². The molecule has 2 aliphatic rings. The molecule has 4 nitrogen and oxygen atoms in total. The van der Waals surface area contributed by atoms with Crippen LogP contribution < -0.4 is 5.32 Å². The lowest BCUT2D eigenvalue weighted by Crippen LogP contribution is -2.38. The molecule has 2 saturated heterocycles. The summed E-state index contributed by atoms with van der Waals surface area (Å²) in [6, 6.07) is 0. The predicted molar refractivity (Wildman–Crippen MR) is 62.2 cm³/mol. The normalized spacial score (nSPS) is 31.2. The zero-order chi connectivity index (χ0) is 11.6. The van der Waals surface area contributed by atoms with E-state index in [1.807, 2.05) is 18.9 Å². The molecule has 2 aliphatic heterocycles.